The van der Waals surface area contributed by atoms with Crippen LogP contribution in [0.3, 0.4) is 0 Å². The molecule has 0 aliphatic heterocycles. The molecule has 168 valence electrons. The van der Waals surface area contributed by atoms with Crippen LogP contribution in [0.5, 0.6) is 23.0 Å². The van der Waals surface area contributed by atoms with Gasteiger partial charge in [-0.1, -0.05) is 31.2 Å². The van der Waals surface area contributed by atoms with E-state index in [1.165, 1.54) is 18.2 Å². The van der Waals surface area contributed by atoms with Crippen LogP contribution in [0, 0.1) is 0 Å². The van der Waals surface area contributed by atoms with Gasteiger partial charge in [-0.25, -0.2) is 0 Å². The molecule has 3 aromatic carbocycles. The molecule has 0 atom stereocenters. The number of carbonyl (C=O) groups is 1. The van der Waals surface area contributed by atoms with Gasteiger partial charge in [0.25, 0.3) is 0 Å². The van der Waals surface area contributed by atoms with Crippen LogP contribution < -0.4 is 14.2 Å². The minimum absolute atomic E-state index is 0.189. The molecular formula is C24H21F3O5. The summed E-state index contributed by atoms with van der Waals surface area (Å²) in [6, 6.07) is 17.4. The van der Waals surface area contributed by atoms with Gasteiger partial charge in [-0.05, 0) is 59.5 Å². The third kappa shape index (κ3) is 6.94. The summed E-state index contributed by atoms with van der Waals surface area (Å²) in [6.07, 6.45) is -4.17. The Morgan fingerprint density at radius 3 is 2.12 bits per heavy atom. The summed E-state index contributed by atoms with van der Waals surface area (Å²) < 4.78 is 53.1. The first-order valence-corrected chi connectivity index (χ1v) is 9.84. The van der Waals surface area contributed by atoms with E-state index in [2.05, 4.69) is 4.74 Å². The number of hydrogen-bond acceptors (Lipinski definition) is 4. The molecule has 1 N–H and O–H groups in total. The monoisotopic (exact) mass is 446 g/mol. The van der Waals surface area contributed by atoms with Gasteiger partial charge in [0.05, 0.1) is 13.0 Å². The van der Waals surface area contributed by atoms with Gasteiger partial charge in [0.2, 0.25) is 0 Å². The van der Waals surface area contributed by atoms with E-state index >= 15 is 0 Å². The van der Waals surface area contributed by atoms with Gasteiger partial charge < -0.3 is 19.3 Å². The average Bonchev–Trinajstić information content (AvgIpc) is 2.71. The van der Waals surface area contributed by atoms with E-state index in [0.29, 0.717) is 40.5 Å². The molecule has 32 heavy (non-hydrogen) atoms. The summed E-state index contributed by atoms with van der Waals surface area (Å²) in [6.45, 7) is 2.43. The second-order valence-electron chi connectivity index (χ2n) is 6.94. The standard InChI is InChI=1S/C24H21F3O5/c1-2-9-30-21-10-16(12-23(28)29)11-22(15-21)31-19-7-3-5-17(13-19)18-6-4-8-20(14-18)32-24(25,26)27/h3-8,10-11,13-15H,2,9,12H2,1H3,(H,28,29). The normalized spacial score (nSPS) is 11.1. The van der Waals surface area contributed by atoms with Crippen molar-refractivity contribution in [3.63, 3.8) is 0 Å². The van der Waals surface area contributed by atoms with Gasteiger partial charge in [-0.2, -0.15) is 0 Å². The van der Waals surface area contributed by atoms with Crippen molar-refractivity contribution >= 4 is 5.97 Å². The fraction of sp³-hybridized carbons (Fsp3) is 0.208. The van der Waals surface area contributed by atoms with Crippen LogP contribution in [0.15, 0.2) is 66.7 Å². The maximum atomic E-state index is 12.5. The number of aliphatic carboxylic acids is 1. The first-order chi connectivity index (χ1) is 15.2. The summed E-state index contributed by atoms with van der Waals surface area (Å²) in [4.78, 5) is 11.1. The van der Waals surface area contributed by atoms with E-state index < -0.39 is 12.3 Å². The van der Waals surface area contributed by atoms with Gasteiger partial charge in [-0.3, -0.25) is 4.79 Å². The molecule has 0 saturated carbocycles. The molecule has 0 heterocycles. The van der Waals surface area contributed by atoms with Crippen molar-refractivity contribution in [1.82, 2.24) is 0 Å². The molecule has 0 aliphatic rings. The lowest BCUT2D eigenvalue weighted by atomic mass is 10.1. The lowest BCUT2D eigenvalue weighted by Gasteiger charge is -2.13. The minimum Gasteiger partial charge on any atom is -0.493 e. The van der Waals surface area contributed by atoms with Crippen LogP contribution >= 0.6 is 0 Å². The predicted octanol–water partition coefficient (Wildman–Crippen LogP) is 6.46. The molecule has 0 aromatic heterocycles. The molecule has 0 unspecified atom stereocenters. The highest BCUT2D eigenvalue weighted by Gasteiger charge is 2.31. The van der Waals surface area contributed by atoms with Crippen LogP contribution in [-0.2, 0) is 11.2 Å². The first kappa shape index (κ1) is 23.0. The van der Waals surface area contributed by atoms with Crippen molar-refractivity contribution in [3.8, 4) is 34.1 Å². The van der Waals surface area contributed by atoms with Gasteiger partial charge >= 0.3 is 12.3 Å². The molecule has 8 heteroatoms. The summed E-state index contributed by atoms with van der Waals surface area (Å²) in [5.74, 6) is 0.0143. The fourth-order valence-corrected chi connectivity index (χ4v) is 3.02. The maximum Gasteiger partial charge on any atom is 0.573 e. The van der Waals surface area contributed by atoms with E-state index in [1.807, 2.05) is 6.92 Å². The van der Waals surface area contributed by atoms with E-state index in [0.717, 1.165) is 6.42 Å². The highest BCUT2D eigenvalue weighted by Crippen LogP contribution is 2.32. The molecule has 0 aliphatic carbocycles. The Morgan fingerprint density at radius 1 is 0.875 bits per heavy atom. The Hall–Kier alpha value is -3.68. The first-order valence-electron chi connectivity index (χ1n) is 9.84. The van der Waals surface area contributed by atoms with Gasteiger partial charge in [0.1, 0.15) is 23.0 Å². The molecule has 0 saturated heterocycles. The van der Waals surface area contributed by atoms with Crippen LogP contribution in [0.2, 0.25) is 0 Å². The number of hydrogen-bond donors (Lipinski definition) is 1. The third-order valence-corrected chi connectivity index (χ3v) is 4.24. The topological polar surface area (TPSA) is 65.0 Å². The number of alkyl halides is 3. The number of carboxylic acids is 1. The van der Waals surface area contributed by atoms with Crippen molar-refractivity contribution in [1.29, 1.82) is 0 Å². The van der Waals surface area contributed by atoms with Gasteiger partial charge in [0, 0.05) is 6.07 Å². The number of halogens is 3. The fourth-order valence-electron chi connectivity index (χ4n) is 3.02. The Balaban J connectivity index is 1.86. The summed E-state index contributed by atoms with van der Waals surface area (Å²) >= 11 is 0. The summed E-state index contributed by atoms with van der Waals surface area (Å²) in [7, 11) is 0. The highest BCUT2D eigenvalue weighted by molar-refractivity contribution is 5.71. The summed E-state index contributed by atoms with van der Waals surface area (Å²) in [5.41, 5.74) is 1.66. The molecular weight excluding hydrogens is 425 g/mol. The Labute approximate surface area is 183 Å². The number of carboxylic acid groups (broad SMARTS) is 1. The molecule has 0 amide bonds. The molecule has 3 aromatic rings. The van der Waals surface area contributed by atoms with Crippen molar-refractivity contribution in [2.24, 2.45) is 0 Å². The third-order valence-electron chi connectivity index (χ3n) is 4.24. The number of rotatable bonds is 9. The van der Waals surface area contributed by atoms with Crippen LogP contribution in [0.25, 0.3) is 11.1 Å². The number of ether oxygens (including phenoxy) is 3. The zero-order chi connectivity index (χ0) is 23.1. The number of benzene rings is 3. The Morgan fingerprint density at radius 2 is 1.50 bits per heavy atom. The van der Waals surface area contributed by atoms with Crippen LogP contribution in [0.4, 0.5) is 13.2 Å². The predicted molar refractivity (Wildman–Crippen MR) is 112 cm³/mol. The van der Waals surface area contributed by atoms with E-state index in [-0.39, 0.29) is 12.2 Å². The SMILES string of the molecule is CCCOc1cc(CC(=O)O)cc(Oc2cccc(-c3cccc(OC(F)(F)F)c3)c2)c1. The average molecular weight is 446 g/mol. The molecule has 0 spiro atoms. The molecule has 0 fully saturated rings. The Kier molecular flexibility index (Phi) is 7.25. The van der Waals surface area contributed by atoms with Crippen LogP contribution in [0.1, 0.15) is 18.9 Å². The Bertz CT molecular complexity index is 1080. The van der Waals surface area contributed by atoms with Crippen LogP contribution in [-0.4, -0.2) is 24.0 Å². The maximum absolute atomic E-state index is 12.5. The molecule has 5 nitrogen and oxygen atoms in total. The minimum atomic E-state index is -4.78. The molecule has 0 radical (unpaired) electrons. The largest absolute Gasteiger partial charge is 0.573 e. The van der Waals surface area contributed by atoms with E-state index in [9.17, 15) is 18.0 Å². The van der Waals surface area contributed by atoms with Gasteiger partial charge in [0.15, 0.2) is 0 Å². The summed E-state index contributed by atoms with van der Waals surface area (Å²) in [5, 5.41) is 9.11. The van der Waals surface area contributed by atoms with Gasteiger partial charge in [-0.15, -0.1) is 13.2 Å². The van der Waals surface area contributed by atoms with E-state index in [4.69, 9.17) is 14.6 Å². The van der Waals surface area contributed by atoms with Crippen molar-refractivity contribution in [2.45, 2.75) is 26.1 Å². The van der Waals surface area contributed by atoms with Crippen molar-refractivity contribution < 1.29 is 37.3 Å². The van der Waals surface area contributed by atoms with E-state index in [1.54, 1.807) is 48.5 Å². The zero-order valence-electron chi connectivity index (χ0n) is 17.2. The van der Waals surface area contributed by atoms with Crippen molar-refractivity contribution in [2.75, 3.05) is 6.61 Å². The lowest BCUT2D eigenvalue weighted by Crippen LogP contribution is -2.17. The smallest absolute Gasteiger partial charge is 0.493 e. The second kappa shape index (κ2) is 10.1. The van der Waals surface area contributed by atoms with Crippen molar-refractivity contribution in [3.05, 3.63) is 72.3 Å². The molecule has 0 bridgehead atoms. The molecule has 3 rings (SSSR count). The lowest BCUT2D eigenvalue weighted by molar-refractivity contribution is -0.274. The second-order valence-corrected chi connectivity index (χ2v) is 6.94. The highest BCUT2D eigenvalue weighted by atomic mass is 19.4. The zero-order valence-corrected chi connectivity index (χ0v) is 17.2. The quantitative estimate of drug-likeness (QED) is 0.409.